The van der Waals surface area contributed by atoms with Crippen LogP contribution in [0.5, 0.6) is 11.5 Å². The van der Waals surface area contributed by atoms with Crippen molar-refractivity contribution in [2.75, 3.05) is 7.11 Å². The Kier molecular flexibility index (Phi) is 6.23. The van der Waals surface area contributed by atoms with Gasteiger partial charge in [-0.1, -0.05) is 29.8 Å². The molecule has 8 heteroatoms. The molecule has 0 N–H and O–H groups in total. The van der Waals surface area contributed by atoms with E-state index in [-0.39, 0.29) is 0 Å². The Balaban J connectivity index is 1.35. The van der Waals surface area contributed by atoms with Crippen molar-refractivity contribution in [1.82, 2.24) is 20.0 Å². The first-order valence-corrected chi connectivity index (χ1v) is 10.3. The summed E-state index contributed by atoms with van der Waals surface area (Å²) in [6.07, 6.45) is 0.581. The minimum atomic E-state index is 0.452. The van der Waals surface area contributed by atoms with Crippen LogP contribution in [-0.2, 0) is 19.6 Å². The largest absolute Gasteiger partial charge is 0.497 e. The van der Waals surface area contributed by atoms with E-state index in [2.05, 4.69) is 15.3 Å². The van der Waals surface area contributed by atoms with Crippen LogP contribution in [0.1, 0.15) is 22.8 Å². The van der Waals surface area contributed by atoms with Crippen LogP contribution in [0.15, 0.2) is 52.9 Å². The second kappa shape index (κ2) is 9.22. The number of benzene rings is 2. The molecule has 0 saturated carbocycles. The number of methoxy groups -OCH3 is 1. The molecule has 2 aromatic heterocycles. The summed E-state index contributed by atoms with van der Waals surface area (Å²) in [5.41, 5.74) is 3.65. The fourth-order valence-electron chi connectivity index (χ4n) is 3.17. The van der Waals surface area contributed by atoms with Crippen LogP contribution in [-0.4, -0.2) is 27.1 Å². The topological polar surface area (TPSA) is 75.2 Å². The van der Waals surface area contributed by atoms with Gasteiger partial charge < -0.3 is 13.9 Å². The second-order valence-corrected chi connectivity index (χ2v) is 7.50. The van der Waals surface area contributed by atoms with Crippen molar-refractivity contribution < 1.29 is 13.9 Å². The lowest BCUT2D eigenvalue weighted by atomic mass is 10.1. The van der Waals surface area contributed by atoms with E-state index in [4.69, 9.17) is 25.5 Å². The van der Waals surface area contributed by atoms with Crippen LogP contribution in [0, 0.1) is 13.8 Å². The van der Waals surface area contributed by atoms with Crippen LogP contribution in [0.2, 0.25) is 5.02 Å². The van der Waals surface area contributed by atoms with Crippen molar-refractivity contribution in [2.24, 2.45) is 0 Å². The minimum absolute atomic E-state index is 0.452. The van der Waals surface area contributed by atoms with E-state index < -0.39 is 0 Å². The van der Waals surface area contributed by atoms with Crippen LogP contribution >= 0.6 is 11.6 Å². The maximum atomic E-state index is 6.20. The molecule has 31 heavy (non-hydrogen) atoms. The molecule has 160 valence electrons. The lowest BCUT2D eigenvalue weighted by Gasteiger charge is -2.08. The maximum Gasteiger partial charge on any atom is 0.247 e. The standard InChI is InChI=1S/C23H23ClN4O3/c1-15-22(24)16(2)28(27-15)12-11-21-25-26-23(31-21)18-9-7-17(8-10-18)14-30-20-6-4-5-19(13-20)29-3/h4-10,13H,11-12,14H2,1-3H3. The quantitative estimate of drug-likeness (QED) is 0.384. The van der Waals surface area contributed by atoms with Crippen molar-refractivity contribution in [1.29, 1.82) is 0 Å². The summed E-state index contributed by atoms with van der Waals surface area (Å²) in [6, 6.07) is 15.4. The highest BCUT2D eigenvalue weighted by molar-refractivity contribution is 6.31. The number of rotatable bonds is 8. The molecular formula is C23H23ClN4O3. The number of hydrogen-bond acceptors (Lipinski definition) is 6. The van der Waals surface area contributed by atoms with Crippen LogP contribution in [0.3, 0.4) is 0 Å². The average Bonchev–Trinajstić information content (AvgIpc) is 3.37. The summed E-state index contributed by atoms with van der Waals surface area (Å²) >= 11 is 6.20. The van der Waals surface area contributed by atoms with E-state index in [0.717, 1.165) is 34.0 Å². The van der Waals surface area contributed by atoms with Crippen LogP contribution in [0.4, 0.5) is 0 Å². The molecule has 0 atom stereocenters. The molecule has 0 bridgehead atoms. The molecule has 0 aliphatic carbocycles. The number of aromatic nitrogens is 4. The van der Waals surface area contributed by atoms with Crippen molar-refractivity contribution in [3.63, 3.8) is 0 Å². The third kappa shape index (κ3) is 4.88. The fraction of sp³-hybridized carbons (Fsp3) is 0.261. The normalized spacial score (nSPS) is 11.0. The van der Waals surface area contributed by atoms with Gasteiger partial charge in [-0.25, -0.2) is 0 Å². The zero-order chi connectivity index (χ0) is 21.8. The molecule has 0 saturated heterocycles. The number of hydrogen-bond donors (Lipinski definition) is 0. The third-order valence-corrected chi connectivity index (χ3v) is 5.49. The molecule has 7 nitrogen and oxygen atoms in total. The van der Waals surface area contributed by atoms with Crippen molar-refractivity contribution in [3.8, 4) is 23.0 Å². The van der Waals surface area contributed by atoms with E-state index in [1.54, 1.807) is 7.11 Å². The molecule has 0 fully saturated rings. The Hall–Kier alpha value is -3.32. The van der Waals surface area contributed by atoms with Gasteiger partial charge in [0.2, 0.25) is 11.8 Å². The molecule has 0 amide bonds. The predicted octanol–water partition coefficient (Wildman–Crippen LogP) is 5.03. The SMILES string of the molecule is COc1cccc(OCc2ccc(-c3nnc(CCn4nc(C)c(Cl)c4C)o3)cc2)c1. The number of nitrogens with zero attached hydrogens (tertiary/aromatic N) is 4. The second-order valence-electron chi connectivity index (χ2n) is 7.12. The van der Waals surface area contributed by atoms with Crippen molar-refractivity contribution in [2.45, 2.75) is 33.4 Å². The lowest BCUT2D eigenvalue weighted by molar-refractivity contribution is 0.303. The molecule has 4 aromatic rings. The van der Waals surface area contributed by atoms with Gasteiger partial charge in [-0.3, -0.25) is 4.68 Å². The van der Waals surface area contributed by atoms with E-state index in [9.17, 15) is 0 Å². The highest BCUT2D eigenvalue weighted by Crippen LogP contribution is 2.23. The van der Waals surface area contributed by atoms with Gasteiger partial charge in [0.05, 0.1) is 23.5 Å². The molecule has 0 radical (unpaired) electrons. The van der Waals surface area contributed by atoms with Crippen molar-refractivity contribution in [3.05, 3.63) is 76.4 Å². The van der Waals surface area contributed by atoms with Gasteiger partial charge >= 0.3 is 0 Å². The molecule has 0 aliphatic rings. The first-order valence-electron chi connectivity index (χ1n) is 9.91. The van der Waals surface area contributed by atoms with Gasteiger partial charge in [0.1, 0.15) is 18.1 Å². The molecule has 2 aromatic carbocycles. The summed E-state index contributed by atoms with van der Waals surface area (Å²) in [5, 5.41) is 13.4. The molecule has 4 rings (SSSR count). The summed E-state index contributed by atoms with van der Waals surface area (Å²) in [5.74, 6) is 2.57. The smallest absolute Gasteiger partial charge is 0.247 e. The monoisotopic (exact) mass is 438 g/mol. The first kappa shape index (κ1) is 20.9. The maximum absolute atomic E-state index is 6.20. The molecule has 0 aliphatic heterocycles. The van der Waals surface area contributed by atoms with E-state index in [1.807, 2.05) is 67.1 Å². The average molecular weight is 439 g/mol. The summed E-state index contributed by atoms with van der Waals surface area (Å²) in [7, 11) is 1.63. The lowest BCUT2D eigenvalue weighted by Crippen LogP contribution is -2.05. The summed E-state index contributed by atoms with van der Waals surface area (Å²) < 4.78 is 18.7. The highest BCUT2D eigenvalue weighted by Gasteiger charge is 2.12. The van der Waals surface area contributed by atoms with E-state index in [1.165, 1.54) is 0 Å². The minimum Gasteiger partial charge on any atom is -0.497 e. The molecule has 0 spiro atoms. The Morgan fingerprint density at radius 1 is 1.03 bits per heavy atom. The predicted molar refractivity (Wildman–Crippen MR) is 117 cm³/mol. The van der Waals surface area contributed by atoms with E-state index >= 15 is 0 Å². The number of halogens is 1. The highest BCUT2D eigenvalue weighted by atomic mass is 35.5. The van der Waals surface area contributed by atoms with Crippen LogP contribution < -0.4 is 9.47 Å². The van der Waals surface area contributed by atoms with E-state index in [0.29, 0.717) is 36.4 Å². The number of aryl methyl sites for hydroxylation is 3. The van der Waals surface area contributed by atoms with Gasteiger partial charge in [-0.15, -0.1) is 10.2 Å². The Bertz CT molecular complexity index is 1170. The van der Waals surface area contributed by atoms with Crippen LogP contribution in [0.25, 0.3) is 11.5 Å². The van der Waals surface area contributed by atoms with Gasteiger partial charge in [-0.2, -0.15) is 5.10 Å². The summed E-state index contributed by atoms with van der Waals surface area (Å²) in [4.78, 5) is 0. The Morgan fingerprint density at radius 3 is 2.52 bits per heavy atom. The van der Waals surface area contributed by atoms with Gasteiger partial charge in [0.15, 0.2) is 0 Å². The fourth-order valence-corrected chi connectivity index (χ4v) is 3.30. The number of ether oxygens (including phenoxy) is 2. The first-order chi connectivity index (χ1) is 15.0. The van der Waals surface area contributed by atoms with Gasteiger partial charge in [-0.05, 0) is 43.7 Å². The zero-order valence-electron chi connectivity index (χ0n) is 17.6. The van der Waals surface area contributed by atoms with Gasteiger partial charge in [0.25, 0.3) is 0 Å². The Morgan fingerprint density at radius 2 is 1.81 bits per heavy atom. The summed E-state index contributed by atoms with van der Waals surface area (Å²) in [6.45, 7) is 4.92. The molecule has 2 heterocycles. The zero-order valence-corrected chi connectivity index (χ0v) is 18.4. The molecule has 0 unspecified atom stereocenters. The Labute approximate surface area is 185 Å². The molecular weight excluding hydrogens is 416 g/mol. The third-order valence-electron chi connectivity index (χ3n) is 4.95. The van der Waals surface area contributed by atoms with Gasteiger partial charge in [0, 0.05) is 24.6 Å². The van der Waals surface area contributed by atoms with Crippen molar-refractivity contribution >= 4 is 11.6 Å².